The van der Waals surface area contributed by atoms with Gasteiger partial charge in [-0.25, -0.2) is 4.79 Å². The van der Waals surface area contributed by atoms with Gasteiger partial charge >= 0.3 is 5.97 Å². The average molecular weight is 312 g/mol. The summed E-state index contributed by atoms with van der Waals surface area (Å²) in [6.45, 7) is 2.26. The van der Waals surface area contributed by atoms with E-state index < -0.39 is 12.1 Å². The SMILES string of the molecule is CCCCCCCCCCC/C=C\CCC[C@H](OC)C(=O)O. The van der Waals surface area contributed by atoms with E-state index in [-0.39, 0.29) is 0 Å². The molecule has 0 bridgehead atoms. The van der Waals surface area contributed by atoms with Crippen LogP contribution in [0.15, 0.2) is 12.2 Å². The molecule has 0 heterocycles. The first-order valence-electron chi connectivity index (χ1n) is 9.13. The molecule has 0 spiro atoms. The van der Waals surface area contributed by atoms with Crippen molar-refractivity contribution >= 4 is 5.97 Å². The van der Waals surface area contributed by atoms with Crippen LogP contribution in [0.1, 0.15) is 90.4 Å². The van der Waals surface area contributed by atoms with Crippen LogP contribution in [-0.4, -0.2) is 24.3 Å². The van der Waals surface area contributed by atoms with Crippen LogP contribution in [0.5, 0.6) is 0 Å². The molecule has 0 aliphatic heterocycles. The van der Waals surface area contributed by atoms with Crippen molar-refractivity contribution < 1.29 is 14.6 Å². The number of hydrogen-bond donors (Lipinski definition) is 1. The topological polar surface area (TPSA) is 46.5 Å². The van der Waals surface area contributed by atoms with Crippen molar-refractivity contribution in [3.8, 4) is 0 Å². The highest BCUT2D eigenvalue weighted by Crippen LogP contribution is 2.11. The number of rotatable bonds is 16. The molecule has 0 aromatic rings. The fourth-order valence-corrected chi connectivity index (χ4v) is 2.57. The summed E-state index contributed by atoms with van der Waals surface area (Å²) in [5, 5.41) is 8.83. The number of ether oxygens (including phenoxy) is 1. The Morgan fingerprint density at radius 1 is 0.909 bits per heavy atom. The number of carbonyl (C=O) groups is 1. The highest BCUT2D eigenvalue weighted by Gasteiger charge is 2.14. The molecule has 0 radical (unpaired) electrons. The first kappa shape index (κ1) is 21.2. The van der Waals surface area contributed by atoms with Crippen LogP contribution in [0, 0.1) is 0 Å². The maximum absolute atomic E-state index is 10.8. The minimum Gasteiger partial charge on any atom is -0.479 e. The quantitative estimate of drug-likeness (QED) is 0.292. The smallest absolute Gasteiger partial charge is 0.332 e. The second kappa shape index (κ2) is 16.5. The summed E-state index contributed by atoms with van der Waals surface area (Å²) in [5.41, 5.74) is 0. The summed E-state index contributed by atoms with van der Waals surface area (Å²) in [5.74, 6) is -0.860. The second-order valence-corrected chi connectivity index (χ2v) is 6.08. The molecule has 0 aromatic heterocycles. The van der Waals surface area contributed by atoms with Gasteiger partial charge in [-0.3, -0.25) is 0 Å². The molecule has 3 nitrogen and oxygen atoms in total. The van der Waals surface area contributed by atoms with Crippen molar-refractivity contribution in [2.75, 3.05) is 7.11 Å². The maximum Gasteiger partial charge on any atom is 0.332 e. The minimum absolute atomic E-state index is 0.591. The molecule has 0 saturated heterocycles. The third-order valence-corrected chi connectivity index (χ3v) is 4.04. The lowest BCUT2D eigenvalue weighted by Gasteiger charge is -2.08. The van der Waals surface area contributed by atoms with E-state index in [2.05, 4.69) is 19.1 Å². The Kier molecular flexibility index (Phi) is 15.9. The van der Waals surface area contributed by atoms with E-state index in [9.17, 15) is 4.79 Å². The summed E-state index contributed by atoms with van der Waals surface area (Å²) >= 11 is 0. The Morgan fingerprint density at radius 2 is 1.41 bits per heavy atom. The Bertz CT molecular complexity index is 274. The van der Waals surface area contributed by atoms with Gasteiger partial charge in [0.1, 0.15) is 0 Å². The summed E-state index contributed by atoms with van der Waals surface area (Å²) in [6, 6.07) is 0. The van der Waals surface area contributed by atoms with E-state index in [0.717, 1.165) is 19.3 Å². The molecule has 0 saturated carbocycles. The zero-order chi connectivity index (χ0) is 16.5. The fourth-order valence-electron chi connectivity index (χ4n) is 2.57. The molecule has 0 rings (SSSR count). The van der Waals surface area contributed by atoms with Crippen LogP contribution in [0.4, 0.5) is 0 Å². The van der Waals surface area contributed by atoms with Gasteiger partial charge in [-0.05, 0) is 32.1 Å². The molecule has 22 heavy (non-hydrogen) atoms. The number of methoxy groups -OCH3 is 1. The lowest BCUT2D eigenvalue weighted by molar-refractivity contribution is -0.148. The zero-order valence-corrected chi connectivity index (χ0v) is 14.7. The zero-order valence-electron chi connectivity index (χ0n) is 14.7. The van der Waals surface area contributed by atoms with Crippen LogP contribution >= 0.6 is 0 Å². The molecular formula is C19H36O3. The average Bonchev–Trinajstić information content (AvgIpc) is 2.51. The van der Waals surface area contributed by atoms with Gasteiger partial charge in [-0.2, -0.15) is 0 Å². The van der Waals surface area contributed by atoms with Crippen molar-refractivity contribution in [2.45, 2.75) is 96.5 Å². The van der Waals surface area contributed by atoms with Crippen LogP contribution in [0.3, 0.4) is 0 Å². The largest absolute Gasteiger partial charge is 0.479 e. The number of aliphatic carboxylic acids is 1. The van der Waals surface area contributed by atoms with Crippen LogP contribution in [0.2, 0.25) is 0 Å². The van der Waals surface area contributed by atoms with Gasteiger partial charge < -0.3 is 9.84 Å². The van der Waals surface area contributed by atoms with E-state index in [1.54, 1.807) is 0 Å². The van der Waals surface area contributed by atoms with Gasteiger partial charge in [0.05, 0.1) is 0 Å². The van der Waals surface area contributed by atoms with E-state index in [1.165, 1.54) is 64.9 Å². The van der Waals surface area contributed by atoms with Crippen LogP contribution in [-0.2, 0) is 9.53 Å². The molecule has 1 N–H and O–H groups in total. The number of unbranched alkanes of at least 4 members (excludes halogenated alkanes) is 10. The van der Waals surface area contributed by atoms with E-state index in [0.29, 0.717) is 6.42 Å². The minimum atomic E-state index is -0.860. The lowest BCUT2D eigenvalue weighted by Crippen LogP contribution is -2.21. The molecule has 130 valence electrons. The number of carboxylic acids is 1. The number of allylic oxidation sites excluding steroid dienone is 2. The van der Waals surface area contributed by atoms with Crippen molar-refractivity contribution in [3.05, 3.63) is 12.2 Å². The molecule has 0 aliphatic rings. The highest BCUT2D eigenvalue weighted by molar-refractivity contribution is 5.72. The number of carboxylic acid groups (broad SMARTS) is 1. The van der Waals surface area contributed by atoms with Crippen LogP contribution < -0.4 is 0 Å². The van der Waals surface area contributed by atoms with Crippen molar-refractivity contribution in [1.29, 1.82) is 0 Å². The maximum atomic E-state index is 10.8. The van der Waals surface area contributed by atoms with Gasteiger partial charge in [0.15, 0.2) is 6.10 Å². The summed E-state index contributed by atoms with van der Waals surface area (Å²) in [4.78, 5) is 10.8. The molecule has 0 unspecified atom stereocenters. The number of hydrogen-bond acceptors (Lipinski definition) is 2. The monoisotopic (exact) mass is 312 g/mol. The van der Waals surface area contributed by atoms with Crippen LogP contribution in [0.25, 0.3) is 0 Å². The van der Waals surface area contributed by atoms with Gasteiger partial charge in [-0.15, -0.1) is 0 Å². The van der Waals surface area contributed by atoms with E-state index in [4.69, 9.17) is 9.84 Å². The van der Waals surface area contributed by atoms with Gasteiger partial charge in [0, 0.05) is 7.11 Å². The normalized spacial score (nSPS) is 12.8. The Labute approximate surface area is 137 Å². The first-order chi connectivity index (χ1) is 10.7. The third kappa shape index (κ3) is 14.1. The molecule has 3 heteroatoms. The van der Waals surface area contributed by atoms with Crippen molar-refractivity contribution in [1.82, 2.24) is 0 Å². The predicted molar refractivity (Wildman–Crippen MR) is 93.3 cm³/mol. The molecule has 1 atom stereocenters. The molecule has 0 aromatic carbocycles. The molecular weight excluding hydrogens is 276 g/mol. The first-order valence-corrected chi connectivity index (χ1v) is 9.13. The Hall–Kier alpha value is -0.830. The van der Waals surface area contributed by atoms with Crippen molar-refractivity contribution in [3.63, 3.8) is 0 Å². The summed E-state index contributed by atoms with van der Waals surface area (Å²) < 4.78 is 4.90. The molecule has 0 aliphatic carbocycles. The third-order valence-electron chi connectivity index (χ3n) is 4.04. The van der Waals surface area contributed by atoms with Gasteiger partial charge in [0.2, 0.25) is 0 Å². The standard InChI is InChI=1S/C19H36O3/c1-3-4-5-6-7-8-9-10-11-12-13-14-15-16-17-18(22-2)19(20)21/h13-14,18H,3-12,15-17H2,1-2H3,(H,20,21)/b14-13-/t18-/m0/s1. The summed E-state index contributed by atoms with van der Waals surface area (Å²) in [6.07, 6.45) is 19.7. The predicted octanol–water partition coefficient (Wildman–Crippen LogP) is 5.73. The van der Waals surface area contributed by atoms with E-state index in [1.807, 2.05) is 0 Å². The Morgan fingerprint density at radius 3 is 1.91 bits per heavy atom. The lowest BCUT2D eigenvalue weighted by atomic mass is 10.1. The second-order valence-electron chi connectivity index (χ2n) is 6.08. The summed E-state index contributed by atoms with van der Waals surface area (Å²) in [7, 11) is 1.46. The Balaban J connectivity index is 3.26. The molecule has 0 fully saturated rings. The van der Waals surface area contributed by atoms with Gasteiger partial charge in [-0.1, -0.05) is 70.4 Å². The highest BCUT2D eigenvalue weighted by atomic mass is 16.5. The van der Waals surface area contributed by atoms with Crippen molar-refractivity contribution in [2.24, 2.45) is 0 Å². The fraction of sp³-hybridized carbons (Fsp3) is 0.842. The van der Waals surface area contributed by atoms with E-state index >= 15 is 0 Å². The molecule has 0 amide bonds. The van der Waals surface area contributed by atoms with Gasteiger partial charge in [0.25, 0.3) is 0 Å².